The van der Waals surface area contributed by atoms with Gasteiger partial charge in [-0.1, -0.05) is 18.2 Å². The van der Waals surface area contributed by atoms with Gasteiger partial charge in [0.15, 0.2) is 34.5 Å². The van der Waals surface area contributed by atoms with Crippen LogP contribution in [0, 0.1) is 0 Å². The van der Waals surface area contributed by atoms with E-state index in [1.165, 1.54) is 16.7 Å². The molecule has 232 valence electrons. The second-order valence-electron chi connectivity index (χ2n) is 12.1. The summed E-state index contributed by atoms with van der Waals surface area (Å²) in [7, 11) is 9.15. The molecule has 4 aliphatic rings. The molecule has 4 aromatic carbocycles. The summed E-state index contributed by atoms with van der Waals surface area (Å²) >= 11 is 0. The van der Waals surface area contributed by atoms with Gasteiger partial charge in [-0.05, 0) is 96.2 Å². The summed E-state index contributed by atoms with van der Waals surface area (Å²) in [5.41, 5.74) is 6.53. The molecule has 0 saturated heterocycles. The van der Waals surface area contributed by atoms with E-state index in [4.69, 9.17) is 23.7 Å². The van der Waals surface area contributed by atoms with E-state index in [1.54, 1.807) is 21.3 Å². The van der Waals surface area contributed by atoms with Crippen LogP contribution in [0.3, 0.4) is 0 Å². The van der Waals surface area contributed by atoms with Crippen molar-refractivity contribution >= 4 is 6.08 Å². The van der Waals surface area contributed by atoms with Crippen molar-refractivity contribution in [3.05, 3.63) is 100 Å². The van der Waals surface area contributed by atoms with E-state index < -0.39 is 0 Å². The van der Waals surface area contributed by atoms with Crippen LogP contribution in [0.5, 0.6) is 46.0 Å². The molecule has 0 spiro atoms. The summed E-state index contributed by atoms with van der Waals surface area (Å²) in [6.07, 6.45) is 6.56. The summed E-state index contributed by atoms with van der Waals surface area (Å²) in [4.78, 5) is 3.54. The van der Waals surface area contributed by atoms with E-state index in [0.29, 0.717) is 40.9 Å². The lowest BCUT2D eigenvalue weighted by atomic mass is 9.88. The van der Waals surface area contributed by atoms with Crippen LogP contribution in [0.2, 0.25) is 0 Å². The van der Waals surface area contributed by atoms with Crippen LogP contribution >= 0.6 is 0 Å². The third-order valence-corrected chi connectivity index (χ3v) is 9.44. The third kappa shape index (κ3) is 5.24. The van der Waals surface area contributed by atoms with Crippen LogP contribution in [0.15, 0.2) is 66.9 Å². The van der Waals surface area contributed by atoms with Gasteiger partial charge in [-0.25, -0.2) is 0 Å². The average Bonchev–Trinajstić information content (AvgIpc) is 3.05. The van der Waals surface area contributed by atoms with E-state index in [9.17, 15) is 5.11 Å². The number of hydrogen-bond donors (Lipinski definition) is 2. The summed E-state index contributed by atoms with van der Waals surface area (Å²) in [6.45, 7) is 0.936. The normalized spacial score (nSPS) is 20.2. The van der Waals surface area contributed by atoms with E-state index in [-0.39, 0.29) is 17.8 Å². The molecule has 3 unspecified atom stereocenters. The number of phenolic OH excluding ortho intramolecular Hbond substituents is 1. The molecule has 8 rings (SSSR count). The van der Waals surface area contributed by atoms with E-state index in [2.05, 4.69) is 61.6 Å². The van der Waals surface area contributed by atoms with Gasteiger partial charge >= 0.3 is 0 Å². The third-order valence-electron chi connectivity index (χ3n) is 9.44. The molecule has 4 heterocycles. The largest absolute Gasteiger partial charge is 0.502 e. The Labute approximate surface area is 264 Å². The SMILES string of the molecule is COc1ccc2cc1Oc1ccc(cc1)CC1c3cc(c(OC)cc3CCN1C)Oc1c(O)c(OC)cc3c1C(C2)[NH+](C)C=C3. The summed E-state index contributed by atoms with van der Waals surface area (Å²) in [5.74, 6) is 3.95. The van der Waals surface area contributed by atoms with Gasteiger partial charge in [-0.15, -0.1) is 0 Å². The fourth-order valence-electron chi connectivity index (χ4n) is 6.90. The molecule has 8 nitrogen and oxygen atoms in total. The molecule has 6 bridgehead atoms. The van der Waals surface area contributed by atoms with Crippen molar-refractivity contribution in [1.29, 1.82) is 0 Å². The van der Waals surface area contributed by atoms with Crippen molar-refractivity contribution in [2.75, 3.05) is 42.0 Å². The standard InChI is InChI=1S/C37H38N2O6/c1-38-14-12-24-19-31(42-4)33-21-27(24)28(38)16-22-6-9-26(10-7-22)44-32-18-23(8-11-30(32)41-3)17-29-35-25(13-15-39(29)2)20-34(43-5)36(40)37(35)45-33/h6-11,13,15,18-21,28-29,40H,12,14,16-17H2,1-5H3/p+1. The number of rotatable bonds is 3. The molecular formula is C37H39N2O6+. The zero-order valence-electron chi connectivity index (χ0n) is 26.3. The molecule has 0 aromatic heterocycles. The van der Waals surface area contributed by atoms with Crippen LogP contribution < -0.4 is 28.6 Å². The van der Waals surface area contributed by atoms with Gasteiger partial charge < -0.3 is 33.7 Å². The number of nitrogens with one attached hydrogen (secondary N) is 1. The maximum Gasteiger partial charge on any atom is 0.202 e. The van der Waals surface area contributed by atoms with Crippen LogP contribution in [0.1, 0.15) is 45.5 Å². The van der Waals surface area contributed by atoms with Crippen LogP contribution in [0.25, 0.3) is 6.08 Å². The monoisotopic (exact) mass is 607 g/mol. The molecule has 45 heavy (non-hydrogen) atoms. The van der Waals surface area contributed by atoms with Gasteiger partial charge in [-0.3, -0.25) is 4.90 Å². The summed E-state index contributed by atoms with van der Waals surface area (Å²) in [5, 5.41) is 11.6. The van der Waals surface area contributed by atoms with Crippen molar-refractivity contribution in [2.45, 2.75) is 31.3 Å². The Morgan fingerprint density at radius 3 is 2.31 bits per heavy atom. The average molecular weight is 608 g/mol. The molecule has 2 N–H and O–H groups in total. The minimum Gasteiger partial charge on any atom is -0.502 e. The number of phenols is 1. The maximum absolute atomic E-state index is 11.6. The highest BCUT2D eigenvalue weighted by atomic mass is 16.5. The Morgan fingerprint density at radius 1 is 0.822 bits per heavy atom. The lowest BCUT2D eigenvalue weighted by Gasteiger charge is -2.35. The summed E-state index contributed by atoms with van der Waals surface area (Å²) < 4.78 is 30.4. The van der Waals surface area contributed by atoms with Gasteiger partial charge in [0.2, 0.25) is 5.75 Å². The highest BCUT2D eigenvalue weighted by Gasteiger charge is 2.35. The number of benzene rings is 4. The maximum atomic E-state index is 11.6. The van der Waals surface area contributed by atoms with Gasteiger partial charge in [-0.2, -0.15) is 0 Å². The fraction of sp³-hybridized carbons (Fsp3) is 0.297. The first-order valence-electron chi connectivity index (χ1n) is 15.3. The number of nitrogens with zero attached hydrogens (tertiary/aromatic N) is 1. The Balaban J connectivity index is 1.46. The smallest absolute Gasteiger partial charge is 0.202 e. The van der Waals surface area contributed by atoms with Gasteiger partial charge in [0.1, 0.15) is 11.8 Å². The minimum atomic E-state index is -0.0845. The first-order valence-corrected chi connectivity index (χ1v) is 15.3. The van der Waals surface area contributed by atoms with Gasteiger partial charge in [0.25, 0.3) is 0 Å². The second kappa shape index (κ2) is 11.7. The lowest BCUT2D eigenvalue weighted by molar-refractivity contribution is -0.860. The molecule has 0 saturated carbocycles. The fourth-order valence-corrected chi connectivity index (χ4v) is 6.90. The number of quaternary nitrogens is 1. The minimum absolute atomic E-state index is 0.0366. The van der Waals surface area contributed by atoms with Gasteiger partial charge in [0, 0.05) is 19.0 Å². The zero-order chi connectivity index (χ0) is 31.2. The molecule has 4 aromatic rings. The first kappa shape index (κ1) is 29.1. The van der Waals surface area contributed by atoms with E-state index in [1.807, 2.05) is 30.3 Å². The second-order valence-corrected chi connectivity index (χ2v) is 12.1. The summed E-state index contributed by atoms with van der Waals surface area (Å²) in [6, 6.07) is 20.5. The number of fused-ring (bicyclic) bond motifs is 2. The molecule has 0 amide bonds. The highest BCUT2D eigenvalue weighted by molar-refractivity contribution is 5.69. The Bertz CT molecular complexity index is 1780. The number of methoxy groups -OCH3 is 3. The quantitative estimate of drug-likeness (QED) is 0.302. The van der Waals surface area contributed by atoms with Crippen molar-refractivity contribution in [2.24, 2.45) is 0 Å². The van der Waals surface area contributed by atoms with Crippen LogP contribution in [-0.4, -0.2) is 52.0 Å². The molecule has 4 aliphatic heterocycles. The Morgan fingerprint density at radius 2 is 1.56 bits per heavy atom. The van der Waals surface area contributed by atoms with Crippen molar-refractivity contribution in [1.82, 2.24) is 4.90 Å². The topological polar surface area (TPSA) is 74.1 Å². The number of likely N-dealkylation sites (N-methyl/N-ethyl adjacent to an activating group) is 2. The van der Waals surface area contributed by atoms with E-state index in [0.717, 1.165) is 46.7 Å². The number of hydrogen-bond acceptors (Lipinski definition) is 7. The van der Waals surface area contributed by atoms with E-state index >= 15 is 0 Å². The molecule has 0 fully saturated rings. The number of ether oxygens (including phenoxy) is 5. The highest BCUT2D eigenvalue weighted by Crippen LogP contribution is 2.49. The lowest BCUT2D eigenvalue weighted by Crippen LogP contribution is -3.05. The Kier molecular flexibility index (Phi) is 7.55. The van der Waals surface area contributed by atoms with Gasteiger partial charge in [0.05, 0.1) is 40.1 Å². The Hall–Kier alpha value is -4.66. The van der Waals surface area contributed by atoms with Crippen molar-refractivity contribution in [3.63, 3.8) is 0 Å². The van der Waals surface area contributed by atoms with Crippen LogP contribution in [0.4, 0.5) is 0 Å². The predicted molar refractivity (Wildman–Crippen MR) is 172 cm³/mol. The predicted octanol–water partition coefficient (Wildman–Crippen LogP) is 5.87. The molecular weight excluding hydrogens is 568 g/mol. The molecule has 0 aliphatic carbocycles. The molecule has 0 radical (unpaired) electrons. The van der Waals surface area contributed by atoms with Crippen molar-refractivity contribution in [3.8, 4) is 46.0 Å². The zero-order valence-corrected chi connectivity index (χ0v) is 26.3. The molecule has 8 heteroatoms. The first-order chi connectivity index (χ1) is 21.9. The molecule has 3 atom stereocenters. The van der Waals surface area contributed by atoms with Crippen LogP contribution in [-0.2, 0) is 19.3 Å². The number of aromatic hydroxyl groups is 1. The van der Waals surface area contributed by atoms with Crippen molar-refractivity contribution < 1.29 is 33.7 Å².